The highest BCUT2D eigenvalue weighted by Crippen LogP contribution is 2.36. The highest BCUT2D eigenvalue weighted by molar-refractivity contribution is 7.13. The summed E-state index contributed by atoms with van der Waals surface area (Å²) in [5.74, 6) is 0.0368. The summed E-state index contributed by atoms with van der Waals surface area (Å²) in [4.78, 5) is 22.3. The second-order valence-electron chi connectivity index (χ2n) is 6.83. The van der Waals surface area contributed by atoms with Crippen molar-refractivity contribution in [1.82, 2.24) is 4.98 Å². The van der Waals surface area contributed by atoms with Crippen molar-refractivity contribution in [2.24, 2.45) is 5.16 Å². The number of nitrogens with two attached hydrogens (primary N) is 1. The fourth-order valence-electron chi connectivity index (χ4n) is 2.95. The number of fused-ring (bicyclic) bond motifs is 1. The van der Waals surface area contributed by atoms with Gasteiger partial charge in [0, 0.05) is 17.6 Å². The molecule has 2 aromatic rings. The van der Waals surface area contributed by atoms with Crippen LogP contribution in [0.4, 0.5) is 5.13 Å². The van der Waals surface area contributed by atoms with Crippen LogP contribution in [0.3, 0.4) is 0 Å². The molecule has 1 aromatic heterocycles. The lowest BCUT2D eigenvalue weighted by atomic mass is 9.64. The third kappa shape index (κ3) is 4.48. The van der Waals surface area contributed by atoms with E-state index in [0.717, 1.165) is 11.1 Å². The molecule has 0 spiro atoms. The summed E-state index contributed by atoms with van der Waals surface area (Å²) in [6, 6.07) is 5.82. The van der Waals surface area contributed by atoms with Gasteiger partial charge in [0.25, 0.3) is 0 Å². The van der Waals surface area contributed by atoms with E-state index in [1.165, 1.54) is 11.3 Å². The Labute approximate surface area is 162 Å². The maximum atomic E-state index is 12.9. The number of hydrogen-bond donors (Lipinski definition) is 2. The van der Waals surface area contributed by atoms with Crippen LogP contribution in [0.15, 0.2) is 28.7 Å². The summed E-state index contributed by atoms with van der Waals surface area (Å²) in [7, 11) is -1.06. The van der Waals surface area contributed by atoms with Crippen molar-refractivity contribution >= 4 is 35.1 Å². The lowest BCUT2D eigenvalue weighted by molar-refractivity contribution is -0.113. The van der Waals surface area contributed by atoms with Crippen molar-refractivity contribution in [3.05, 3.63) is 40.4 Å². The minimum atomic E-state index is -1.06. The van der Waals surface area contributed by atoms with Gasteiger partial charge in [-0.15, -0.1) is 11.3 Å². The van der Waals surface area contributed by atoms with Gasteiger partial charge in [-0.1, -0.05) is 23.4 Å². The number of Topliss-reactive ketones (excluding diaryl/α,β-unsaturated/α-hetero) is 1. The number of nitrogens with zero attached hydrogens (tertiary/aromatic N) is 2. The molecular weight excluding hydrogens is 365 g/mol. The summed E-state index contributed by atoms with van der Waals surface area (Å²) in [6.07, 6.45) is 0.426. The Kier molecular flexibility index (Phi) is 5.81. The van der Waals surface area contributed by atoms with Crippen LogP contribution in [0.1, 0.15) is 37.1 Å². The molecule has 1 aliphatic rings. The zero-order valence-corrected chi connectivity index (χ0v) is 16.3. The van der Waals surface area contributed by atoms with Gasteiger partial charge in [0.2, 0.25) is 0 Å². The zero-order chi connectivity index (χ0) is 19.6. The van der Waals surface area contributed by atoms with Gasteiger partial charge in [-0.05, 0) is 38.3 Å². The number of nitrogen functional groups attached to an aromatic ring is 1. The lowest BCUT2D eigenvalue weighted by Gasteiger charge is -2.28. The van der Waals surface area contributed by atoms with E-state index < -0.39 is 7.12 Å². The van der Waals surface area contributed by atoms with E-state index in [2.05, 4.69) is 10.1 Å². The Balaban J connectivity index is 1.80. The largest absolute Gasteiger partial charge is 0.536 e. The van der Waals surface area contributed by atoms with Crippen molar-refractivity contribution in [2.45, 2.75) is 45.5 Å². The number of aryl methyl sites for hydroxylation is 1. The molecule has 0 saturated carbocycles. The number of para-hydroxylation sites is 1. The van der Waals surface area contributed by atoms with Gasteiger partial charge in [0.15, 0.2) is 16.6 Å². The standard InChI is InChI=1S/C18H22BN3O4S/c1-10(2)26-22-16(14-9-27-18(20)21-14)15(23)8-13-7-12-6-4-5-11(3)17(12)25-19(13)24/h4-6,9-10,13,24H,7-8H2,1-3H3,(H2,20,21)/b22-16-/t13-/m1/s1. The molecule has 9 heteroatoms. The first-order valence-electron chi connectivity index (χ1n) is 8.76. The van der Waals surface area contributed by atoms with Gasteiger partial charge in [-0.2, -0.15) is 0 Å². The normalized spacial score (nSPS) is 16.9. The number of thiazole rings is 1. The van der Waals surface area contributed by atoms with Crippen LogP contribution in [-0.2, 0) is 16.1 Å². The number of carbonyl (C=O) groups is 1. The molecule has 7 nitrogen and oxygen atoms in total. The molecule has 2 heterocycles. The summed E-state index contributed by atoms with van der Waals surface area (Å²) < 4.78 is 5.66. The minimum absolute atomic E-state index is 0.0618. The number of hydrogen-bond acceptors (Lipinski definition) is 8. The number of oxime groups is 1. The van der Waals surface area contributed by atoms with E-state index in [0.29, 0.717) is 23.0 Å². The summed E-state index contributed by atoms with van der Waals surface area (Å²) in [5, 5.41) is 16.4. The van der Waals surface area contributed by atoms with Crippen molar-refractivity contribution in [2.75, 3.05) is 5.73 Å². The first kappa shape index (κ1) is 19.4. The van der Waals surface area contributed by atoms with Crippen LogP contribution in [0.2, 0.25) is 5.82 Å². The average molecular weight is 387 g/mol. The first-order valence-corrected chi connectivity index (χ1v) is 9.64. The topological polar surface area (TPSA) is 107 Å². The molecular formula is C18H22BN3O4S. The number of rotatable bonds is 6. The Hall–Kier alpha value is -2.39. The van der Waals surface area contributed by atoms with Crippen LogP contribution in [0.25, 0.3) is 0 Å². The van der Waals surface area contributed by atoms with Gasteiger partial charge < -0.3 is 20.2 Å². The Morgan fingerprint density at radius 3 is 3.00 bits per heavy atom. The van der Waals surface area contributed by atoms with E-state index in [1.54, 1.807) is 5.38 Å². The van der Waals surface area contributed by atoms with Crippen molar-refractivity contribution in [3.63, 3.8) is 0 Å². The fraction of sp³-hybridized carbons (Fsp3) is 0.389. The van der Waals surface area contributed by atoms with E-state index >= 15 is 0 Å². The Bertz CT molecular complexity index is 868. The molecule has 1 aliphatic heterocycles. The van der Waals surface area contributed by atoms with E-state index in [-0.39, 0.29) is 29.8 Å². The number of carbonyl (C=O) groups excluding carboxylic acids is 1. The molecule has 0 unspecified atom stereocenters. The summed E-state index contributed by atoms with van der Waals surface area (Å²) >= 11 is 1.23. The molecule has 0 saturated heterocycles. The van der Waals surface area contributed by atoms with E-state index in [4.69, 9.17) is 15.2 Å². The van der Waals surface area contributed by atoms with Crippen molar-refractivity contribution < 1.29 is 19.3 Å². The third-order valence-corrected chi connectivity index (χ3v) is 4.92. The summed E-state index contributed by atoms with van der Waals surface area (Å²) in [5.41, 5.74) is 8.12. The average Bonchev–Trinajstić information content (AvgIpc) is 3.02. The van der Waals surface area contributed by atoms with Gasteiger partial charge >= 0.3 is 7.12 Å². The molecule has 0 fully saturated rings. The van der Waals surface area contributed by atoms with Gasteiger partial charge in [-0.25, -0.2) is 4.98 Å². The maximum Gasteiger partial charge on any atom is 0.526 e. The van der Waals surface area contributed by atoms with E-state index in [9.17, 15) is 9.82 Å². The molecule has 27 heavy (non-hydrogen) atoms. The molecule has 3 rings (SSSR count). The molecule has 0 radical (unpaired) electrons. The highest BCUT2D eigenvalue weighted by Gasteiger charge is 2.37. The SMILES string of the molecule is Cc1cccc2c1OB(O)[C@@H](CC(=O)/C(=N\OC(C)C)c1csc(N)n1)C2. The molecule has 0 aliphatic carbocycles. The van der Waals surface area contributed by atoms with Gasteiger partial charge in [0.1, 0.15) is 17.5 Å². The van der Waals surface area contributed by atoms with Gasteiger partial charge in [0.05, 0.1) is 0 Å². The second kappa shape index (κ2) is 8.10. The molecule has 1 atom stereocenters. The van der Waals surface area contributed by atoms with Crippen LogP contribution < -0.4 is 10.4 Å². The highest BCUT2D eigenvalue weighted by atomic mass is 32.1. The van der Waals surface area contributed by atoms with Crippen molar-refractivity contribution in [1.29, 1.82) is 0 Å². The molecule has 0 bridgehead atoms. The quantitative estimate of drug-likeness (QED) is 0.448. The first-order chi connectivity index (χ1) is 12.8. The van der Waals surface area contributed by atoms with Crippen LogP contribution in [-0.4, -0.2) is 34.7 Å². The monoisotopic (exact) mass is 387 g/mol. The van der Waals surface area contributed by atoms with Gasteiger partial charge in [-0.3, -0.25) is 4.79 Å². The number of anilines is 1. The van der Waals surface area contributed by atoms with E-state index in [1.807, 2.05) is 39.0 Å². The summed E-state index contributed by atoms with van der Waals surface area (Å²) in [6.45, 7) is 5.57. The fourth-order valence-corrected chi connectivity index (χ4v) is 3.49. The molecule has 142 valence electrons. The molecule has 1 aromatic carbocycles. The molecule has 3 N–H and O–H groups in total. The van der Waals surface area contributed by atoms with Crippen LogP contribution >= 0.6 is 11.3 Å². The van der Waals surface area contributed by atoms with Crippen molar-refractivity contribution in [3.8, 4) is 5.75 Å². The van der Waals surface area contributed by atoms with Crippen LogP contribution in [0, 0.1) is 6.92 Å². The molecule has 0 amide bonds. The number of benzene rings is 1. The minimum Gasteiger partial charge on any atom is -0.536 e. The number of ketones is 1. The zero-order valence-electron chi connectivity index (χ0n) is 15.5. The Morgan fingerprint density at radius 1 is 1.56 bits per heavy atom. The number of aromatic nitrogens is 1. The Morgan fingerprint density at radius 2 is 2.33 bits per heavy atom. The maximum absolute atomic E-state index is 12.9. The second-order valence-corrected chi connectivity index (χ2v) is 7.72. The predicted octanol–water partition coefficient (Wildman–Crippen LogP) is 2.61. The predicted molar refractivity (Wildman–Crippen MR) is 106 cm³/mol. The smallest absolute Gasteiger partial charge is 0.526 e. The third-order valence-electron chi connectivity index (χ3n) is 4.25. The lowest BCUT2D eigenvalue weighted by Crippen LogP contribution is -2.36. The van der Waals surface area contributed by atoms with Crippen LogP contribution in [0.5, 0.6) is 5.75 Å².